The Hall–Kier alpha value is -2.20. The van der Waals surface area contributed by atoms with Gasteiger partial charge in [0.15, 0.2) is 0 Å². The molecule has 0 saturated carbocycles. The second kappa shape index (κ2) is 6.66. The first-order valence-electron chi connectivity index (χ1n) is 6.01. The third-order valence-corrected chi connectivity index (χ3v) is 2.62. The molecule has 0 amide bonds. The molecule has 98 valence electrons. The van der Waals surface area contributed by atoms with Crippen molar-refractivity contribution >= 4 is 5.97 Å². The Morgan fingerprint density at radius 1 is 1.05 bits per heavy atom. The fourth-order valence-corrected chi connectivity index (χ4v) is 1.68. The molecular formula is C15H15NO3. The van der Waals surface area contributed by atoms with Crippen molar-refractivity contribution in [3.8, 4) is 0 Å². The molecule has 0 aliphatic rings. The van der Waals surface area contributed by atoms with Crippen molar-refractivity contribution in [3.05, 3.63) is 65.5 Å². The predicted octanol–water partition coefficient (Wildman–Crippen LogP) is 2.43. The van der Waals surface area contributed by atoms with E-state index in [0.29, 0.717) is 13.2 Å². The van der Waals surface area contributed by atoms with Gasteiger partial charge in [-0.2, -0.15) is 0 Å². The molecule has 19 heavy (non-hydrogen) atoms. The highest BCUT2D eigenvalue weighted by Gasteiger charge is 2.00. The number of rotatable bonds is 6. The van der Waals surface area contributed by atoms with Crippen LogP contribution in [0.25, 0.3) is 0 Å². The number of carbonyl (C=O) groups is 1. The SMILES string of the molecule is O=C(O)Cc1ccc(COCc2ccccn2)cc1. The van der Waals surface area contributed by atoms with Gasteiger partial charge in [0.05, 0.1) is 25.3 Å². The van der Waals surface area contributed by atoms with Crippen LogP contribution in [-0.4, -0.2) is 16.1 Å². The van der Waals surface area contributed by atoms with E-state index < -0.39 is 5.97 Å². The van der Waals surface area contributed by atoms with Crippen LogP contribution in [0.5, 0.6) is 0 Å². The Balaban J connectivity index is 1.81. The lowest BCUT2D eigenvalue weighted by molar-refractivity contribution is -0.136. The maximum absolute atomic E-state index is 10.6. The number of hydrogen-bond donors (Lipinski definition) is 1. The lowest BCUT2D eigenvalue weighted by Crippen LogP contribution is -2.00. The number of hydrogen-bond acceptors (Lipinski definition) is 3. The van der Waals surface area contributed by atoms with Crippen LogP contribution in [0.4, 0.5) is 0 Å². The van der Waals surface area contributed by atoms with Crippen LogP contribution in [0.2, 0.25) is 0 Å². The highest BCUT2D eigenvalue weighted by atomic mass is 16.5. The van der Waals surface area contributed by atoms with Crippen LogP contribution < -0.4 is 0 Å². The van der Waals surface area contributed by atoms with Gasteiger partial charge in [0, 0.05) is 6.20 Å². The Labute approximate surface area is 111 Å². The number of aromatic nitrogens is 1. The van der Waals surface area contributed by atoms with E-state index in [0.717, 1.165) is 16.8 Å². The van der Waals surface area contributed by atoms with Gasteiger partial charge in [0.25, 0.3) is 0 Å². The molecule has 1 aromatic carbocycles. The minimum atomic E-state index is -0.820. The summed E-state index contributed by atoms with van der Waals surface area (Å²) in [4.78, 5) is 14.7. The molecule has 0 fully saturated rings. The summed E-state index contributed by atoms with van der Waals surface area (Å²) in [6, 6.07) is 13.1. The first-order chi connectivity index (χ1) is 9.24. The van der Waals surface area contributed by atoms with E-state index in [4.69, 9.17) is 9.84 Å². The minimum Gasteiger partial charge on any atom is -0.481 e. The van der Waals surface area contributed by atoms with Crippen LogP contribution >= 0.6 is 0 Å². The van der Waals surface area contributed by atoms with Gasteiger partial charge in [-0.3, -0.25) is 9.78 Å². The molecule has 0 radical (unpaired) electrons. The Morgan fingerprint density at radius 3 is 2.42 bits per heavy atom. The molecule has 4 heteroatoms. The van der Waals surface area contributed by atoms with Crippen molar-refractivity contribution in [2.75, 3.05) is 0 Å². The van der Waals surface area contributed by atoms with Gasteiger partial charge in [-0.05, 0) is 23.3 Å². The van der Waals surface area contributed by atoms with Crippen molar-refractivity contribution < 1.29 is 14.6 Å². The number of benzene rings is 1. The van der Waals surface area contributed by atoms with E-state index >= 15 is 0 Å². The fourth-order valence-electron chi connectivity index (χ4n) is 1.68. The Kier molecular flexibility index (Phi) is 4.64. The average Bonchev–Trinajstić information content (AvgIpc) is 2.41. The molecule has 0 unspecified atom stereocenters. The molecule has 1 aromatic heterocycles. The fraction of sp³-hybridized carbons (Fsp3) is 0.200. The highest BCUT2D eigenvalue weighted by molar-refractivity contribution is 5.70. The maximum atomic E-state index is 10.6. The van der Waals surface area contributed by atoms with Crippen LogP contribution in [0.15, 0.2) is 48.7 Å². The largest absolute Gasteiger partial charge is 0.481 e. The zero-order valence-electron chi connectivity index (χ0n) is 10.5. The zero-order valence-corrected chi connectivity index (χ0v) is 10.5. The summed E-state index contributed by atoms with van der Waals surface area (Å²) in [5, 5.41) is 8.67. The van der Waals surface area contributed by atoms with Crippen molar-refractivity contribution in [2.24, 2.45) is 0 Å². The molecule has 0 aliphatic heterocycles. The number of ether oxygens (including phenoxy) is 1. The molecule has 0 spiro atoms. The Bertz CT molecular complexity index is 523. The smallest absolute Gasteiger partial charge is 0.307 e. The summed E-state index contributed by atoms with van der Waals surface area (Å²) < 4.78 is 5.55. The molecule has 4 nitrogen and oxygen atoms in total. The quantitative estimate of drug-likeness (QED) is 0.863. The van der Waals surface area contributed by atoms with Crippen LogP contribution in [0, 0.1) is 0 Å². The van der Waals surface area contributed by atoms with Crippen molar-refractivity contribution in [2.45, 2.75) is 19.6 Å². The summed E-state index contributed by atoms with van der Waals surface area (Å²) in [5.41, 5.74) is 2.70. The highest BCUT2D eigenvalue weighted by Crippen LogP contribution is 2.08. The van der Waals surface area contributed by atoms with Gasteiger partial charge in [-0.25, -0.2) is 0 Å². The van der Waals surface area contributed by atoms with Crippen LogP contribution in [0.1, 0.15) is 16.8 Å². The zero-order chi connectivity index (χ0) is 13.5. The van der Waals surface area contributed by atoms with E-state index in [1.165, 1.54) is 0 Å². The lowest BCUT2D eigenvalue weighted by atomic mass is 10.1. The molecule has 0 aliphatic carbocycles. The molecule has 2 aromatic rings. The normalized spacial score (nSPS) is 10.3. The minimum absolute atomic E-state index is 0.0507. The summed E-state index contributed by atoms with van der Waals surface area (Å²) in [7, 11) is 0. The maximum Gasteiger partial charge on any atom is 0.307 e. The van der Waals surface area contributed by atoms with Gasteiger partial charge < -0.3 is 9.84 Å². The van der Waals surface area contributed by atoms with Gasteiger partial charge in [-0.15, -0.1) is 0 Å². The number of pyridine rings is 1. The van der Waals surface area contributed by atoms with Crippen molar-refractivity contribution in [1.29, 1.82) is 0 Å². The summed E-state index contributed by atoms with van der Waals surface area (Å²) in [6.45, 7) is 0.960. The van der Waals surface area contributed by atoms with Gasteiger partial charge in [0.1, 0.15) is 0 Å². The van der Waals surface area contributed by atoms with Gasteiger partial charge in [-0.1, -0.05) is 30.3 Å². The van der Waals surface area contributed by atoms with Gasteiger partial charge in [0.2, 0.25) is 0 Å². The Morgan fingerprint density at radius 2 is 1.79 bits per heavy atom. The lowest BCUT2D eigenvalue weighted by Gasteiger charge is -2.05. The van der Waals surface area contributed by atoms with Crippen LogP contribution in [0.3, 0.4) is 0 Å². The number of nitrogens with zero attached hydrogens (tertiary/aromatic N) is 1. The summed E-state index contributed by atoms with van der Waals surface area (Å²) in [6.07, 6.45) is 1.79. The molecular weight excluding hydrogens is 242 g/mol. The molecule has 1 heterocycles. The number of carboxylic acids is 1. The van der Waals surface area contributed by atoms with Gasteiger partial charge >= 0.3 is 5.97 Å². The third kappa shape index (κ3) is 4.52. The number of aliphatic carboxylic acids is 1. The first kappa shape index (κ1) is 13.2. The summed E-state index contributed by atoms with van der Waals surface area (Å²) in [5.74, 6) is -0.820. The van der Waals surface area contributed by atoms with E-state index in [2.05, 4.69) is 4.98 Å². The van der Waals surface area contributed by atoms with Crippen molar-refractivity contribution in [1.82, 2.24) is 4.98 Å². The molecule has 1 N–H and O–H groups in total. The second-order valence-corrected chi connectivity index (χ2v) is 4.20. The molecule has 0 bridgehead atoms. The van der Waals surface area contributed by atoms with E-state index in [1.807, 2.05) is 42.5 Å². The molecule has 2 rings (SSSR count). The van der Waals surface area contributed by atoms with E-state index in [-0.39, 0.29) is 6.42 Å². The standard InChI is InChI=1S/C15H15NO3/c17-15(18)9-12-4-6-13(7-5-12)10-19-11-14-3-1-2-8-16-14/h1-8H,9-11H2,(H,17,18). The van der Waals surface area contributed by atoms with E-state index in [1.54, 1.807) is 6.20 Å². The topological polar surface area (TPSA) is 59.4 Å². The van der Waals surface area contributed by atoms with Crippen molar-refractivity contribution in [3.63, 3.8) is 0 Å². The monoisotopic (exact) mass is 257 g/mol. The van der Waals surface area contributed by atoms with Crippen LogP contribution in [-0.2, 0) is 29.2 Å². The first-order valence-corrected chi connectivity index (χ1v) is 6.01. The molecule has 0 saturated heterocycles. The summed E-state index contributed by atoms with van der Waals surface area (Å²) >= 11 is 0. The average molecular weight is 257 g/mol. The second-order valence-electron chi connectivity index (χ2n) is 4.20. The predicted molar refractivity (Wildman–Crippen MR) is 70.5 cm³/mol. The number of carboxylic acid groups (broad SMARTS) is 1. The third-order valence-electron chi connectivity index (χ3n) is 2.62. The molecule has 0 atom stereocenters. The van der Waals surface area contributed by atoms with E-state index in [9.17, 15) is 4.79 Å².